The molecule has 1 heterocycles. The van der Waals surface area contributed by atoms with Gasteiger partial charge < -0.3 is 14.6 Å². The van der Waals surface area contributed by atoms with E-state index in [0.29, 0.717) is 6.54 Å². The van der Waals surface area contributed by atoms with Crippen molar-refractivity contribution in [2.45, 2.75) is 12.6 Å². The first-order valence-electron chi connectivity index (χ1n) is 8.16. The Morgan fingerprint density at radius 1 is 1.12 bits per heavy atom. The van der Waals surface area contributed by atoms with E-state index >= 15 is 0 Å². The van der Waals surface area contributed by atoms with Crippen molar-refractivity contribution in [3.63, 3.8) is 0 Å². The van der Waals surface area contributed by atoms with Crippen LogP contribution in [0.5, 0.6) is 0 Å². The highest BCUT2D eigenvalue weighted by Gasteiger charge is 2.21. The molecule has 0 aliphatic carbocycles. The fourth-order valence-corrected chi connectivity index (χ4v) is 2.77. The maximum absolute atomic E-state index is 12.1. The number of aromatic nitrogens is 2. The molecule has 0 aliphatic heterocycles. The van der Waals surface area contributed by atoms with Gasteiger partial charge in [0.2, 0.25) is 5.91 Å². The second kappa shape index (κ2) is 8.26. The van der Waals surface area contributed by atoms with Gasteiger partial charge >= 0.3 is 0 Å². The third kappa shape index (κ3) is 4.33. The van der Waals surface area contributed by atoms with E-state index in [0.717, 1.165) is 11.4 Å². The van der Waals surface area contributed by atoms with Crippen LogP contribution < -0.4 is 5.32 Å². The summed E-state index contributed by atoms with van der Waals surface area (Å²) in [5.74, 6) is 0.616. The maximum atomic E-state index is 12.1. The summed E-state index contributed by atoms with van der Waals surface area (Å²) >= 11 is 0. The Labute approximate surface area is 147 Å². The van der Waals surface area contributed by atoms with E-state index in [9.17, 15) is 4.79 Å². The standard InChI is InChI=1S/C20H21N3O2/c1-25-15-18(24)22-19(17-10-6-3-7-11-17)20-21-12-13-23(20)14-16-8-4-2-5-9-16/h2-13,19H,14-15H2,1H3,(H,22,24). The molecule has 1 unspecified atom stereocenters. The molecule has 5 nitrogen and oxygen atoms in total. The monoisotopic (exact) mass is 335 g/mol. The lowest BCUT2D eigenvalue weighted by Gasteiger charge is -2.20. The number of carbonyl (C=O) groups excluding carboxylic acids is 1. The highest BCUT2D eigenvalue weighted by molar-refractivity contribution is 5.78. The van der Waals surface area contributed by atoms with Crippen molar-refractivity contribution in [3.8, 4) is 0 Å². The summed E-state index contributed by atoms with van der Waals surface area (Å²) in [6.45, 7) is 0.711. The SMILES string of the molecule is COCC(=O)NC(c1ccccc1)c1nccn1Cc1ccccc1. The minimum Gasteiger partial charge on any atom is -0.375 e. The van der Waals surface area contributed by atoms with Crippen molar-refractivity contribution in [1.29, 1.82) is 0 Å². The summed E-state index contributed by atoms with van der Waals surface area (Å²) in [7, 11) is 1.51. The molecule has 0 fully saturated rings. The summed E-state index contributed by atoms with van der Waals surface area (Å²) in [5, 5.41) is 3.02. The van der Waals surface area contributed by atoms with Crippen LogP contribution in [0.15, 0.2) is 73.1 Å². The fourth-order valence-electron chi connectivity index (χ4n) is 2.77. The summed E-state index contributed by atoms with van der Waals surface area (Å²) < 4.78 is 7.00. The molecule has 1 N–H and O–H groups in total. The van der Waals surface area contributed by atoms with Crippen LogP contribution in [0.3, 0.4) is 0 Å². The summed E-state index contributed by atoms with van der Waals surface area (Å²) in [5.41, 5.74) is 2.16. The molecule has 1 aromatic heterocycles. The number of amides is 1. The number of nitrogens with zero attached hydrogens (tertiary/aromatic N) is 2. The van der Waals surface area contributed by atoms with Gasteiger partial charge in [0.15, 0.2) is 0 Å². The van der Waals surface area contributed by atoms with Gasteiger partial charge in [0.05, 0.1) is 0 Å². The zero-order valence-electron chi connectivity index (χ0n) is 14.1. The van der Waals surface area contributed by atoms with Crippen LogP contribution in [-0.2, 0) is 16.1 Å². The molecule has 0 saturated carbocycles. The molecule has 0 spiro atoms. The minimum atomic E-state index is -0.331. The van der Waals surface area contributed by atoms with Crippen LogP contribution in [-0.4, -0.2) is 29.2 Å². The molecule has 128 valence electrons. The van der Waals surface area contributed by atoms with Crippen molar-refractivity contribution in [2.75, 3.05) is 13.7 Å². The van der Waals surface area contributed by atoms with Crippen LogP contribution in [0.1, 0.15) is 23.0 Å². The largest absolute Gasteiger partial charge is 0.375 e. The predicted molar refractivity (Wildman–Crippen MR) is 96.1 cm³/mol. The second-order valence-electron chi connectivity index (χ2n) is 5.74. The molecule has 5 heteroatoms. The van der Waals surface area contributed by atoms with Gasteiger partial charge in [0, 0.05) is 26.0 Å². The summed E-state index contributed by atoms with van der Waals surface area (Å²) in [6, 6.07) is 19.7. The Hall–Kier alpha value is -2.92. The Morgan fingerprint density at radius 3 is 2.48 bits per heavy atom. The first kappa shape index (κ1) is 16.9. The average Bonchev–Trinajstić information content (AvgIpc) is 3.09. The van der Waals surface area contributed by atoms with E-state index in [2.05, 4.69) is 27.0 Å². The summed E-state index contributed by atoms with van der Waals surface area (Å²) in [4.78, 5) is 16.6. The fraction of sp³-hybridized carbons (Fsp3) is 0.200. The molecule has 2 aromatic carbocycles. The third-order valence-electron chi connectivity index (χ3n) is 3.92. The Morgan fingerprint density at radius 2 is 1.80 bits per heavy atom. The molecule has 1 amide bonds. The quantitative estimate of drug-likeness (QED) is 0.722. The first-order valence-corrected chi connectivity index (χ1v) is 8.16. The van der Waals surface area contributed by atoms with Crippen molar-refractivity contribution in [1.82, 2.24) is 14.9 Å². The molecular weight excluding hydrogens is 314 g/mol. The molecule has 3 aromatic rings. The lowest BCUT2D eigenvalue weighted by molar-refractivity contribution is -0.125. The van der Waals surface area contributed by atoms with Gasteiger partial charge in [-0.2, -0.15) is 0 Å². The van der Waals surface area contributed by atoms with Crippen LogP contribution in [0.4, 0.5) is 0 Å². The van der Waals surface area contributed by atoms with Crippen molar-refractivity contribution < 1.29 is 9.53 Å². The minimum absolute atomic E-state index is 0.0166. The zero-order chi connectivity index (χ0) is 17.5. The van der Waals surface area contributed by atoms with E-state index < -0.39 is 0 Å². The number of benzene rings is 2. The van der Waals surface area contributed by atoms with E-state index in [1.165, 1.54) is 12.7 Å². The third-order valence-corrected chi connectivity index (χ3v) is 3.92. The molecule has 0 aliphatic rings. The van der Waals surface area contributed by atoms with E-state index in [1.54, 1.807) is 6.20 Å². The zero-order valence-corrected chi connectivity index (χ0v) is 14.1. The van der Waals surface area contributed by atoms with Gasteiger partial charge in [-0.05, 0) is 11.1 Å². The predicted octanol–water partition coefficient (Wildman–Crippen LogP) is 2.78. The van der Waals surface area contributed by atoms with E-state index in [-0.39, 0.29) is 18.6 Å². The smallest absolute Gasteiger partial charge is 0.246 e. The number of hydrogen-bond acceptors (Lipinski definition) is 3. The van der Waals surface area contributed by atoms with Crippen molar-refractivity contribution >= 4 is 5.91 Å². The van der Waals surface area contributed by atoms with Gasteiger partial charge in [-0.3, -0.25) is 4.79 Å². The summed E-state index contributed by atoms with van der Waals surface area (Å²) in [6.07, 6.45) is 3.69. The lowest BCUT2D eigenvalue weighted by Crippen LogP contribution is -2.33. The van der Waals surface area contributed by atoms with Crippen molar-refractivity contribution in [3.05, 3.63) is 90.0 Å². The van der Waals surface area contributed by atoms with Crippen LogP contribution >= 0.6 is 0 Å². The van der Waals surface area contributed by atoms with Gasteiger partial charge in [0.25, 0.3) is 0 Å². The molecule has 25 heavy (non-hydrogen) atoms. The number of imidazole rings is 1. The van der Waals surface area contributed by atoms with Gasteiger partial charge in [-0.1, -0.05) is 60.7 Å². The number of carbonyl (C=O) groups is 1. The molecule has 0 saturated heterocycles. The Kier molecular flexibility index (Phi) is 5.59. The van der Waals surface area contributed by atoms with Gasteiger partial charge in [-0.25, -0.2) is 4.98 Å². The first-order chi connectivity index (χ1) is 12.3. The molecule has 1 atom stereocenters. The Balaban J connectivity index is 1.91. The normalized spacial score (nSPS) is 11.9. The number of hydrogen-bond donors (Lipinski definition) is 1. The van der Waals surface area contributed by atoms with E-state index in [1.807, 2.05) is 54.7 Å². The van der Waals surface area contributed by atoms with Gasteiger partial charge in [-0.15, -0.1) is 0 Å². The van der Waals surface area contributed by atoms with E-state index in [4.69, 9.17) is 4.74 Å². The topological polar surface area (TPSA) is 56.1 Å². The molecular formula is C20H21N3O2. The number of ether oxygens (including phenoxy) is 1. The number of nitrogens with one attached hydrogen (secondary N) is 1. The van der Waals surface area contributed by atoms with Crippen LogP contribution in [0.2, 0.25) is 0 Å². The molecule has 0 bridgehead atoms. The molecule has 0 radical (unpaired) electrons. The molecule has 3 rings (SSSR count). The Bertz CT molecular complexity index is 800. The van der Waals surface area contributed by atoms with Crippen LogP contribution in [0.25, 0.3) is 0 Å². The number of rotatable bonds is 7. The second-order valence-corrected chi connectivity index (χ2v) is 5.74. The number of methoxy groups -OCH3 is 1. The highest BCUT2D eigenvalue weighted by atomic mass is 16.5. The average molecular weight is 335 g/mol. The highest BCUT2D eigenvalue weighted by Crippen LogP contribution is 2.21. The maximum Gasteiger partial charge on any atom is 0.246 e. The van der Waals surface area contributed by atoms with Gasteiger partial charge in [0.1, 0.15) is 18.5 Å². The van der Waals surface area contributed by atoms with Crippen molar-refractivity contribution in [2.24, 2.45) is 0 Å². The lowest BCUT2D eigenvalue weighted by atomic mass is 10.1. The van der Waals surface area contributed by atoms with Crippen LogP contribution in [0, 0.1) is 0 Å².